The van der Waals surface area contributed by atoms with Crippen molar-refractivity contribution in [1.29, 1.82) is 0 Å². The summed E-state index contributed by atoms with van der Waals surface area (Å²) in [5.74, 6) is 2.75. The van der Waals surface area contributed by atoms with E-state index in [0.717, 1.165) is 5.56 Å². The van der Waals surface area contributed by atoms with Gasteiger partial charge in [-0.1, -0.05) is 97.2 Å². The molecule has 0 bridgehead atoms. The van der Waals surface area contributed by atoms with Crippen molar-refractivity contribution in [3.05, 3.63) is 66.2 Å². The SMILES string of the molecule is CC1(C)C(CC(Cl)(Cl)Cl)C1C(=O)OC(C#COc1ccccc1)c1ccccc1. The number of esters is 1. The Bertz CT molecular complexity index is 896. The van der Waals surface area contributed by atoms with Crippen LogP contribution in [-0.4, -0.2) is 9.76 Å². The molecule has 0 heterocycles. The van der Waals surface area contributed by atoms with Gasteiger partial charge >= 0.3 is 5.97 Å². The molecule has 0 spiro atoms. The first kappa shape index (κ1) is 21.8. The first-order chi connectivity index (χ1) is 13.7. The lowest BCUT2D eigenvalue weighted by molar-refractivity contribution is -0.149. The molecule has 3 unspecified atom stereocenters. The molecule has 29 heavy (non-hydrogen) atoms. The Balaban J connectivity index is 1.73. The summed E-state index contributed by atoms with van der Waals surface area (Å²) >= 11 is 17.8. The van der Waals surface area contributed by atoms with Gasteiger partial charge in [0.1, 0.15) is 11.9 Å². The minimum absolute atomic E-state index is 0.0625. The lowest BCUT2D eigenvalue weighted by atomic mass is 10.1. The van der Waals surface area contributed by atoms with E-state index in [0.29, 0.717) is 12.2 Å². The maximum absolute atomic E-state index is 12.9. The van der Waals surface area contributed by atoms with E-state index < -0.39 is 9.90 Å². The monoisotopic (exact) mass is 450 g/mol. The van der Waals surface area contributed by atoms with Crippen LogP contribution in [0.1, 0.15) is 31.9 Å². The van der Waals surface area contributed by atoms with Crippen LogP contribution < -0.4 is 4.74 Å². The molecule has 0 radical (unpaired) electrons. The van der Waals surface area contributed by atoms with Crippen molar-refractivity contribution >= 4 is 40.8 Å². The van der Waals surface area contributed by atoms with E-state index in [1.54, 1.807) is 12.1 Å². The van der Waals surface area contributed by atoms with Crippen LogP contribution in [0.5, 0.6) is 5.75 Å². The largest absolute Gasteiger partial charge is 0.444 e. The number of ether oxygens (including phenoxy) is 2. The highest BCUT2D eigenvalue weighted by Gasteiger charge is 2.64. The molecular formula is C23H21Cl3O3. The Morgan fingerprint density at radius 1 is 1.07 bits per heavy atom. The summed E-state index contributed by atoms with van der Waals surface area (Å²) in [5.41, 5.74) is 0.470. The molecule has 0 saturated heterocycles. The Labute approximate surface area is 186 Å². The van der Waals surface area contributed by atoms with Crippen LogP contribution in [0.3, 0.4) is 0 Å². The highest BCUT2D eigenvalue weighted by atomic mass is 35.6. The van der Waals surface area contributed by atoms with Gasteiger partial charge in [-0.05, 0) is 35.8 Å². The van der Waals surface area contributed by atoms with Crippen LogP contribution in [0.25, 0.3) is 0 Å². The zero-order chi connectivity index (χ0) is 21.1. The molecule has 2 aromatic carbocycles. The van der Waals surface area contributed by atoms with Crippen molar-refractivity contribution in [3.8, 4) is 17.8 Å². The molecule has 6 heteroatoms. The quantitative estimate of drug-likeness (QED) is 0.302. The van der Waals surface area contributed by atoms with Gasteiger partial charge in [-0.25, -0.2) is 0 Å². The number of rotatable bonds is 5. The average molecular weight is 452 g/mol. The molecule has 1 aliphatic rings. The molecule has 0 aromatic heterocycles. The van der Waals surface area contributed by atoms with E-state index >= 15 is 0 Å². The average Bonchev–Trinajstić information content (AvgIpc) is 3.20. The van der Waals surface area contributed by atoms with Gasteiger partial charge in [0.2, 0.25) is 0 Å². The van der Waals surface area contributed by atoms with E-state index in [2.05, 4.69) is 12.0 Å². The van der Waals surface area contributed by atoms with Gasteiger partial charge in [0.05, 0.1) is 5.92 Å². The third-order valence-corrected chi connectivity index (χ3v) is 5.66. The fourth-order valence-electron chi connectivity index (χ4n) is 3.47. The lowest BCUT2D eigenvalue weighted by Crippen LogP contribution is -2.15. The Morgan fingerprint density at radius 3 is 2.24 bits per heavy atom. The number of hydrogen-bond acceptors (Lipinski definition) is 3. The molecule has 0 N–H and O–H groups in total. The van der Waals surface area contributed by atoms with Crippen LogP contribution >= 0.6 is 34.8 Å². The summed E-state index contributed by atoms with van der Waals surface area (Å²) in [7, 11) is 0. The van der Waals surface area contributed by atoms with Crippen molar-refractivity contribution in [2.75, 3.05) is 0 Å². The third-order valence-electron chi connectivity index (χ3n) is 5.19. The van der Waals surface area contributed by atoms with E-state index in [1.807, 2.05) is 62.4 Å². The molecule has 152 valence electrons. The van der Waals surface area contributed by atoms with Gasteiger partial charge in [-0.15, -0.1) is 0 Å². The maximum atomic E-state index is 12.9. The minimum Gasteiger partial charge on any atom is -0.444 e. The summed E-state index contributed by atoms with van der Waals surface area (Å²) in [6.07, 6.45) is 2.19. The fourth-order valence-corrected chi connectivity index (χ4v) is 3.97. The first-order valence-electron chi connectivity index (χ1n) is 9.23. The van der Waals surface area contributed by atoms with E-state index in [4.69, 9.17) is 44.3 Å². The number of hydrogen-bond donors (Lipinski definition) is 0. The summed E-state index contributed by atoms with van der Waals surface area (Å²) in [5, 5.41) is 0. The molecule has 0 amide bonds. The summed E-state index contributed by atoms with van der Waals surface area (Å²) < 4.78 is 9.79. The number of benzene rings is 2. The summed E-state index contributed by atoms with van der Waals surface area (Å²) in [6, 6.07) is 18.5. The van der Waals surface area contributed by atoms with E-state index in [1.165, 1.54) is 0 Å². The van der Waals surface area contributed by atoms with Crippen LogP contribution in [0.2, 0.25) is 0 Å². The van der Waals surface area contributed by atoms with Crippen molar-refractivity contribution in [2.45, 2.75) is 30.2 Å². The van der Waals surface area contributed by atoms with Crippen molar-refractivity contribution < 1.29 is 14.3 Å². The van der Waals surface area contributed by atoms with E-state index in [9.17, 15) is 4.79 Å². The normalized spacial score (nSPS) is 20.7. The fraction of sp³-hybridized carbons (Fsp3) is 0.348. The number of halogens is 3. The topological polar surface area (TPSA) is 35.5 Å². The molecular weight excluding hydrogens is 431 g/mol. The van der Waals surface area contributed by atoms with E-state index in [-0.39, 0.29) is 23.2 Å². The highest BCUT2D eigenvalue weighted by molar-refractivity contribution is 6.67. The Morgan fingerprint density at radius 2 is 1.66 bits per heavy atom. The predicted molar refractivity (Wildman–Crippen MR) is 116 cm³/mol. The summed E-state index contributed by atoms with van der Waals surface area (Å²) in [4.78, 5) is 12.9. The predicted octanol–water partition coefficient (Wildman–Crippen LogP) is 6.34. The molecule has 2 aromatic rings. The third kappa shape index (κ3) is 5.82. The zero-order valence-electron chi connectivity index (χ0n) is 16.1. The minimum atomic E-state index is -1.40. The van der Waals surface area contributed by atoms with Crippen molar-refractivity contribution in [3.63, 3.8) is 0 Å². The lowest BCUT2D eigenvalue weighted by Gasteiger charge is -2.13. The molecule has 3 atom stereocenters. The molecule has 1 fully saturated rings. The van der Waals surface area contributed by atoms with Gasteiger partial charge in [0.25, 0.3) is 0 Å². The Kier molecular flexibility index (Phi) is 6.69. The maximum Gasteiger partial charge on any atom is 0.311 e. The van der Waals surface area contributed by atoms with Crippen molar-refractivity contribution in [2.24, 2.45) is 17.3 Å². The molecule has 1 aliphatic carbocycles. The zero-order valence-corrected chi connectivity index (χ0v) is 18.3. The van der Waals surface area contributed by atoms with Gasteiger partial charge in [-0.3, -0.25) is 4.79 Å². The Hall–Kier alpha value is -1.86. The van der Waals surface area contributed by atoms with Crippen LogP contribution in [0, 0.1) is 29.3 Å². The molecule has 3 nitrogen and oxygen atoms in total. The van der Waals surface area contributed by atoms with Gasteiger partial charge in [-0.2, -0.15) is 0 Å². The first-order valence-corrected chi connectivity index (χ1v) is 10.4. The smallest absolute Gasteiger partial charge is 0.311 e. The second-order valence-corrected chi connectivity index (χ2v) is 10.1. The van der Waals surface area contributed by atoms with Crippen LogP contribution in [0.15, 0.2) is 60.7 Å². The number of para-hydroxylation sites is 1. The van der Waals surface area contributed by atoms with Gasteiger partial charge in [0.15, 0.2) is 9.90 Å². The number of carbonyl (C=O) groups is 1. The second kappa shape index (κ2) is 8.88. The van der Waals surface area contributed by atoms with Gasteiger partial charge < -0.3 is 9.47 Å². The van der Waals surface area contributed by atoms with Crippen LogP contribution in [0.4, 0.5) is 0 Å². The van der Waals surface area contributed by atoms with Crippen molar-refractivity contribution in [1.82, 2.24) is 0 Å². The summed E-state index contributed by atoms with van der Waals surface area (Å²) in [6.45, 7) is 3.95. The number of carbonyl (C=O) groups excluding carboxylic acids is 1. The molecule has 1 saturated carbocycles. The molecule has 3 rings (SSSR count). The van der Waals surface area contributed by atoms with Gasteiger partial charge in [0, 0.05) is 5.56 Å². The highest BCUT2D eigenvalue weighted by Crippen LogP contribution is 2.63. The standard InChI is InChI=1S/C23H21Cl3O3/c1-22(2)18(15-23(24,25)26)20(22)21(27)29-19(16-9-5-3-6-10-16)13-14-28-17-11-7-4-8-12-17/h3-12,18-20H,15H2,1-2H3. The molecule has 0 aliphatic heterocycles. The van der Waals surface area contributed by atoms with Crippen LogP contribution in [-0.2, 0) is 9.53 Å². The second-order valence-electron chi connectivity index (χ2n) is 7.61. The number of alkyl halides is 3.